The van der Waals surface area contributed by atoms with Gasteiger partial charge in [-0.2, -0.15) is 5.26 Å². The summed E-state index contributed by atoms with van der Waals surface area (Å²) < 4.78 is 14.6. The molecule has 1 aromatic rings. The van der Waals surface area contributed by atoms with E-state index in [1.807, 2.05) is 0 Å². The lowest BCUT2D eigenvalue weighted by Crippen LogP contribution is -2.05. The molecule has 0 radical (unpaired) electrons. The number of ether oxygens (including phenoxy) is 3. The molecule has 116 valence electrons. The fourth-order valence-electron chi connectivity index (χ4n) is 1.63. The molecule has 0 aliphatic heterocycles. The Hall–Kier alpha value is -2.81. The number of carbonyl (C=O) groups is 2. The second kappa shape index (κ2) is 9.19. The van der Waals surface area contributed by atoms with E-state index in [9.17, 15) is 9.59 Å². The van der Waals surface area contributed by atoms with E-state index in [0.717, 1.165) is 0 Å². The summed E-state index contributed by atoms with van der Waals surface area (Å²) in [7, 11) is 2.54. The fourth-order valence-corrected chi connectivity index (χ4v) is 1.63. The third kappa shape index (κ3) is 5.29. The van der Waals surface area contributed by atoms with Crippen LogP contribution in [0.15, 0.2) is 29.8 Å². The highest BCUT2D eigenvalue weighted by Gasteiger charge is 2.10. The molecule has 0 saturated heterocycles. The van der Waals surface area contributed by atoms with Gasteiger partial charge in [0.15, 0.2) is 0 Å². The highest BCUT2D eigenvalue weighted by Crippen LogP contribution is 2.21. The van der Waals surface area contributed by atoms with Gasteiger partial charge in [-0.3, -0.25) is 4.79 Å². The molecule has 0 unspecified atom stereocenters. The monoisotopic (exact) mass is 303 g/mol. The maximum Gasteiger partial charge on any atom is 0.348 e. The van der Waals surface area contributed by atoms with Crippen molar-refractivity contribution in [3.05, 3.63) is 35.4 Å². The third-order valence-electron chi connectivity index (χ3n) is 2.76. The Labute approximate surface area is 128 Å². The van der Waals surface area contributed by atoms with Gasteiger partial charge in [-0.25, -0.2) is 4.79 Å². The van der Waals surface area contributed by atoms with Crippen molar-refractivity contribution in [2.45, 2.75) is 12.8 Å². The Morgan fingerprint density at radius 1 is 1.23 bits per heavy atom. The average Bonchev–Trinajstić information content (AvgIpc) is 2.56. The molecular weight excluding hydrogens is 286 g/mol. The van der Waals surface area contributed by atoms with Crippen LogP contribution in [0.2, 0.25) is 0 Å². The van der Waals surface area contributed by atoms with Crippen molar-refractivity contribution in [2.75, 3.05) is 20.8 Å². The summed E-state index contributed by atoms with van der Waals surface area (Å²) in [4.78, 5) is 22.4. The zero-order chi connectivity index (χ0) is 16.4. The Morgan fingerprint density at radius 2 is 1.95 bits per heavy atom. The number of hydrogen-bond donors (Lipinski definition) is 0. The van der Waals surface area contributed by atoms with Gasteiger partial charge in [0.2, 0.25) is 0 Å². The van der Waals surface area contributed by atoms with Crippen molar-refractivity contribution >= 4 is 18.0 Å². The van der Waals surface area contributed by atoms with Crippen LogP contribution in [-0.4, -0.2) is 32.8 Å². The lowest BCUT2D eigenvalue weighted by molar-refractivity contribution is -0.141. The SMILES string of the molecule is COC(=O)CCCOc1ccccc1/C=C(\C#N)C(=O)OC. The molecule has 0 aromatic heterocycles. The summed E-state index contributed by atoms with van der Waals surface area (Å²) in [6.07, 6.45) is 2.18. The smallest absolute Gasteiger partial charge is 0.348 e. The molecule has 1 rings (SSSR count). The molecule has 1 aromatic carbocycles. The van der Waals surface area contributed by atoms with Crippen molar-refractivity contribution in [3.63, 3.8) is 0 Å². The van der Waals surface area contributed by atoms with Crippen LogP contribution < -0.4 is 4.74 Å². The summed E-state index contributed by atoms with van der Waals surface area (Å²) in [6.45, 7) is 0.320. The number of esters is 2. The van der Waals surface area contributed by atoms with E-state index in [-0.39, 0.29) is 18.0 Å². The van der Waals surface area contributed by atoms with Gasteiger partial charge in [0.25, 0.3) is 0 Å². The second-order valence-corrected chi connectivity index (χ2v) is 4.23. The first-order valence-corrected chi connectivity index (χ1v) is 6.61. The molecule has 0 fully saturated rings. The molecule has 0 amide bonds. The summed E-state index contributed by atoms with van der Waals surface area (Å²) in [5, 5.41) is 8.97. The lowest BCUT2D eigenvalue weighted by atomic mass is 10.1. The first-order chi connectivity index (χ1) is 10.6. The number of methoxy groups -OCH3 is 2. The maximum absolute atomic E-state index is 11.4. The Morgan fingerprint density at radius 3 is 2.59 bits per heavy atom. The summed E-state index contributed by atoms with van der Waals surface area (Å²) >= 11 is 0. The van der Waals surface area contributed by atoms with Gasteiger partial charge in [-0.15, -0.1) is 0 Å². The number of nitrogens with zero attached hydrogens (tertiary/aromatic N) is 1. The fraction of sp³-hybridized carbons (Fsp3) is 0.312. The van der Waals surface area contributed by atoms with Gasteiger partial charge in [0, 0.05) is 12.0 Å². The molecule has 0 saturated carbocycles. The highest BCUT2D eigenvalue weighted by molar-refractivity contribution is 5.98. The molecule has 6 nitrogen and oxygen atoms in total. The van der Waals surface area contributed by atoms with Gasteiger partial charge in [0.1, 0.15) is 17.4 Å². The molecule has 22 heavy (non-hydrogen) atoms. The largest absolute Gasteiger partial charge is 0.493 e. The zero-order valence-corrected chi connectivity index (χ0v) is 12.5. The van der Waals surface area contributed by atoms with E-state index in [1.165, 1.54) is 20.3 Å². The quantitative estimate of drug-likeness (QED) is 0.332. The van der Waals surface area contributed by atoms with Crippen LogP contribution in [0.3, 0.4) is 0 Å². The van der Waals surface area contributed by atoms with E-state index >= 15 is 0 Å². The molecule has 0 bridgehead atoms. The van der Waals surface area contributed by atoms with Crippen LogP contribution in [0.25, 0.3) is 6.08 Å². The van der Waals surface area contributed by atoms with E-state index in [0.29, 0.717) is 24.3 Å². The molecule has 6 heteroatoms. The number of rotatable bonds is 7. The zero-order valence-electron chi connectivity index (χ0n) is 12.5. The van der Waals surface area contributed by atoms with Crippen molar-refractivity contribution in [1.82, 2.24) is 0 Å². The predicted molar refractivity (Wildman–Crippen MR) is 78.8 cm³/mol. The van der Waals surface area contributed by atoms with E-state index in [1.54, 1.807) is 30.3 Å². The molecule has 0 spiro atoms. The van der Waals surface area contributed by atoms with Crippen molar-refractivity contribution in [2.24, 2.45) is 0 Å². The van der Waals surface area contributed by atoms with Crippen LogP contribution in [0.4, 0.5) is 0 Å². The minimum absolute atomic E-state index is 0.117. The standard InChI is InChI=1S/C16H17NO5/c1-20-15(18)8-5-9-22-14-7-4-3-6-12(14)10-13(11-17)16(19)21-2/h3-4,6-7,10H,5,8-9H2,1-2H3/b13-10+. The van der Waals surface area contributed by atoms with Crippen LogP contribution in [0.5, 0.6) is 5.75 Å². The number of benzene rings is 1. The van der Waals surface area contributed by atoms with Crippen molar-refractivity contribution in [3.8, 4) is 11.8 Å². The summed E-state index contributed by atoms with van der Waals surface area (Å²) in [6, 6.07) is 8.76. The number of nitriles is 1. The van der Waals surface area contributed by atoms with Gasteiger partial charge in [-0.1, -0.05) is 18.2 Å². The van der Waals surface area contributed by atoms with Gasteiger partial charge in [-0.05, 0) is 18.6 Å². The predicted octanol–water partition coefficient (Wildman–Crippen LogP) is 2.10. The lowest BCUT2D eigenvalue weighted by Gasteiger charge is -2.09. The number of hydrogen-bond acceptors (Lipinski definition) is 6. The first kappa shape index (κ1) is 17.2. The van der Waals surface area contributed by atoms with Gasteiger partial charge < -0.3 is 14.2 Å². The number of carbonyl (C=O) groups excluding carboxylic acids is 2. The summed E-state index contributed by atoms with van der Waals surface area (Å²) in [5.74, 6) is -0.485. The molecule has 0 heterocycles. The van der Waals surface area contributed by atoms with Crippen LogP contribution in [-0.2, 0) is 19.1 Å². The second-order valence-electron chi connectivity index (χ2n) is 4.23. The molecule has 0 aliphatic carbocycles. The molecule has 0 atom stereocenters. The maximum atomic E-state index is 11.4. The molecule has 0 aliphatic rings. The van der Waals surface area contributed by atoms with E-state index < -0.39 is 5.97 Å². The topological polar surface area (TPSA) is 85.6 Å². The van der Waals surface area contributed by atoms with Crippen LogP contribution in [0, 0.1) is 11.3 Å². The Kier molecular flexibility index (Phi) is 7.20. The van der Waals surface area contributed by atoms with Gasteiger partial charge in [0.05, 0.1) is 20.8 Å². The Bertz CT molecular complexity index is 601. The minimum Gasteiger partial charge on any atom is -0.493 e. The van der Waals surface area contributed by atoms with Crippen LogP contribution in [0.1, 0.15) is 18.4 Å². The highest BCUT2D eigenvalue weighted by atomic mass is 16.5. The average molecular weight is 303 g/mol. The van der Waals surface area contributed by atoms with Crippen LogP contribution >= 0.6 is 0 Å². The number of para-hydroxylation sites is 1. The first-order valence-electron chi connectivity index (χ1n) is 6.61. The summed E-state index contributed by atoms with van der Waals surface area (Å²) in [5.41, 5.74) is 0.468. The van der Waals surface area contributed by atoms with Crippen molar-refractivity contribution < 1.29 is 23.8 Å². The van der Waals surface area contributed by atoms with E-state index in [2.05, 4.69) is 9.47 Å². The normalized spacial score (nSPS) is 10.5. The van der Waals surface area contributed by atoms with E-state index in [4.69, 9.17) is 10.00 Å². The van der Waals surface area contributed by atoms with Gasteiger partial charge >= 0.3 is 11.9 Å². The molecular formula is C16H17NO5. The minimum atomic E-state index is -0.706. The van der Waals surface area contributed by atoms with Crippen molar-refractivity contribution in [1.29, 1.82) is 5.26 Å². The molecule has 0 N–H and O–H groups in total. The Balaban J connectivity index is 2.78. The third-order valence-corrected chi connectivity index (χ3v) is 2.76.